The van der Waals surface area contributed by atoms with Crippen LogP contribution in [0.15, 0.2) is 47.4 Å². The van der Waals surface area contributed by atoms with E-state index in [4.69, 9.17) is 0 Å². The Morgan fingerprint density at radius 2 is 1.65 bits per heavy atom. The highest BCUT2D eigenvalue weighted by Gasteiger charge is 2.24. The number of hydrogen-bond acceptors (Lipinski definition) is 5. The maximum Gasteiger partial charge on any atom is 0.264 e. The van der Waals surface area contributed by atoms with Gasteiger partial charge in [0.25, 0.3) is 10.0 Å². The summed E-state index contributed by atoms with van der Waals surface area (Å²) in [5.41, 5.74) is 0.805. The third-order valence-electron chi connectivity index (χ3n) is 4.01. The van der Waals surface area contributed by atoms with Crippen LogP contribution >= 0.6 is 0 Å². The van der Waals surface area contributed by atoms with E-state index in [2.05, 4.69) is 4.72 Å². The van der Waals surface area contributed by atoms with Gasteiger partial charge in [0.05, 0.1) is 17.2 Å². The number of benzene rings is 2. The molecular weight excluding hydrogens is 386 g/mol. The smallest absolute Gasteiger partial charge is 0.264 e. The first-order valence-electron chi connectivity index (χ1n) is 7.70. The van der Waals surface area contributed by atoms with E-state index in [9.17, 15) is 25.6 Å². The first-order chi connectivity index (χ1) is 12.2. The molecule has 2 aromatic carbocycles. The van der Waals surface area contributed by atoms with Gasteiger partial charge < -0.3 is 4.90 Å². The predicted molar refractivity (Wildman–Crippen MR) is 94.5 cm³/mol. The number of sulfone groups is 1. The van der Waals surface area contributed by atoms with Gasteiger partial charge in [-0.15, -0.1) is 0 Å². The van der Waals surface area contributed by atoms with E-state index < -0.39 is 36.4 Å². The van der Waals surface area contributed by atoms with Crippen LogP contribution in [0.4, 0.5) is 20.2 Å². The molecule has 2 aromatic rings. The van der Waals surface area contributed by atoms with Crippen molar-refractivity contribution in [3.05, 3.63) is 54.1 Å². The Morgan fingerprint density at radius 3 is 2.35 bits per heavy atom. The van der Waals surface area contributed by atoms with E-state index in [1.165, 1.54) is 12.1 Å². The van der Waals surface area contributed by atoms with Crippen LogP contribution < -0.4 is 9.62 Å². The lowest BCUT2D eigenvalue weighted by Gasteiger charge is -2.29. The van der Waals surface area contributed by atoms with Gasteiger partial charge >= 0.3 is 0 Å². The molecule has 0 bridgehead atoms. The Morgan fingerprint density at radius 1 is 1.00 bits per heavy atom. The van der Waals surface area contributed by atoms with Gasteiger partial charge in [0.15, 0.2) is 21.5 Å². The Labute approximate surface area is 150 Å². The Hall–Kier alpha value is -2.20. The first-order valence-corrected chi connectivity index (χ1v) is 11.0. The summed E-state index contributed by atoms with van der Waals surface area (Å²) in [5.74, 6) is -2.65. The summed E-state index contributed by atoms with van der Waals surface area (Å²) < 4.78 is 77.0. The highest BCUT2D eigenvalue weighted by atomic mass is 32.2. The largest absolute Gasteiger partial charge is 0.369 e. The summed E-state index contributed by atoms with van der Waals surface area (Å²) in [4.78, 5) is 1.04. The fraction of sp³-hybridized carbons (Fsp3) is 0.250. The molecule has 0 unspecified atom stereocenters. The highest BCUT2D eigenvalue weighted by Crippen LogP contribution is 2.25. The molecule has 6 nitrogen and oxygen atoms in total. The second-order valence-corrected chi connectivity index (χ2v) is 9.80. The van der Waals surface area contributed by atoms with Crippen LogP contribution in [-0.4, -0.2) is 41.4 Å². The quantitative estimate of drug-likeness (QED) is 0.846. The zero-order chi connectivity index (χ0) is 18.9. The minimum atomic E-state index is -4.31. The molecule has 0 aromatic heterocycles. The first kappa shape index (κ1) is 18.6. The van der Waals surface area contributed by atoms with Gasteiger partial charge in [-0.05, 0) is 30.3 Å². The normalized spacial score (nSPS) is 17.1. The van der Waals surface area contributed by atoms with Crippen molar-refractivity contribution in [2.75, 3.05) is 34.2 Å². The molecule has 1 N–H and O–H groups in total. The van der Waals surface area contributed by atoms with Gasteiger partial charge in [-0.2, -0.15) is 0 Å². The summed E-state index contributed by atoms with van der Waals surface area (Å²) in [6.07, 6.45) is 0. The molecule has 1 fully saturated rings. The molecule has 0 atom stereocenters. The van der Waals surface area contributed by atoms with Crippen molar-refractivity contribution in [3.8, 4) is 0 Å². The Balaban J connectivity index is 1.84. The average Bonchev–Trinajstić information content (AvgIpc) is 2.57. The van der Waals surface area contributed by atoms with E-state index in [1.807, 2.05) is 4.90 Å². The second-order valence-electron chi connectivity index (χ2n) is 5.85. The standard InChI is InChI=1S/C16H16F2N2O4S2/c17-14-5-2-6-15(16(14)18)26(23,24)19-12-3-1-4-13(11-12)20-7-9-25(21,22)10-8-20/h1-6,11,19H,7-10H2. The topological polar surface area (TPSA) is 83.6 Å². The minimum Gasteiger partial charge on any atom is -0.369 e. The van der Waals surface area contributed by atoms with E-state index in [0.717, 1.165) is 18.2 Å². The molecule has 26 heavy (non-hydrogen) atoms. The highest BCUT2D eigenvalue weighted by molar-refractivity contribution is 7.92. The molecule has 0 spiro atoms. The van der Waals surface area contributed by atoms with Crippen molar-refractivity contribution < 1.29 is 25.6 Å². The maximum atomic E-state index is 13.8. The number of sulfonamides is 1. The van der Waals surface area contributed by atoms with Crippen LogP contribution in [0.2, 0.25) is 0 Å². The Bertz CT molecular complexity index is 1030. The monoisotopic (exact) mass is 402 g/mol. The molecule has 0 saturated carbocycles. The predicted octanol–water partition coefficient (Wildman–Crippen LogP) is 2.00. The maximum absolute atomic E-state index is 13.8. The second kappa shape index (κ2) is 6.84. The number of nitrogens with zero attached hydrogens (tertiary/aromatic N) is 1. The summed E-state index contributed by atoms with van der Waals surface area (Å²) in [7, 11) is -7.35. The molecule has 140 valence electrons. The zero-order valence-electron chi connectivity index (χ0n) is 13.5. The van der Waals surface area contributed by atoms with Crippen molar-refractivity contribution >= 4 is 31.2 Å². The zero-order valence-corrected chi connectivity index (χ0v) is 15.2. The van der Waals surface area contributed by atoms with E-state index >= 15 is 0 Å². The molecule has 1 saturated heterocycles. The fourth-order valence-corrected chi connectivity index (χ4v) is 4.98. The van der Waals surface area contributed by atoms with Crippen molar-refractivity contribution in [2.45, 2.75) is 4.90 Å². The third kappa shape index (κ3) is 3.96. The van der Waals surface area contributed by atoms with Gasteiger partial charge in [-0.25, -0.2) is 25.6 Å². The lowest BCUT2D eigenvalue weighted by molar-refractivity contribution is 0.485. The summed E-state index contributed by atoms with van der Waals surface area (Å²) >= 11 is 0. The summed E-state index contributed by atoms with van der Waals surface area (Å²) in [6.45, 7) is 0.605. The van der Waals surface area contributed by atoms with Gasteiger partial charge in [0.1, 0.15) is 4.90 Å². The SMILES string of the molecule is O=S1(=O)CCN(c2cccc(NS(=O)(=O)c3cccc(F)c3F)c2)CC1. The molecule has 0 aliphatic carbocycles. The number of nitrogens with one attached hydrogen (secondary N) is 1. The average molecular weight is 402 g/mol. The van der Waals surface area contributed by atoms with Crippen LogP contribution in [0, 0.1) is 11.6 Å². The molecule has 3 rings (SSSR count). The van der Waals surface area contributed by atoms with Gasteiger partial charge in [-0.1, -0.05) is 12.1 Å². The lowest BCUT2D eigenvalue weighted by atomic mass is 10.2. The van der Waals surface area contributed by atoms with Gasteiger partial charge in [0.2, 0.25) is 0 Å². The van der Waals surface area contributed by atoms with Crippen molar-refractivity contribution in [1.82, 2.24) is 0 Å². The van der Waals surface area contributed by atoms with E-state index in [0.29, 0.717) is 18.8 Å². The fourth-order valence-electron chi connectivity index (χ4n) is 2.64. The Kier molecular flexibility index (Phi) is 4.89. The number of rotatable bonds is 4. The molecule has 1 aliphatic rings. The van der Waals surface area contributed by atoms with Crippen molar-refractivity contribution in [3.63, 3.8) is 0 Å². The summed E-state index contributed by atoms with van der Waals surface area (Å²) in [6, 6.07) is 9.22. The molecule has 1 heterocycles. The van der Waals surface area contributed by atoms with E-state index in [1.54, 1.807) is 12.1 Å². The van der Waals surface area contributed by atoms with Crippen LogP contribution in [-0.2, 0) is 19.9 Å². The van der Waals surface area contributed by atoms with Crippen LogP contribution in [0.1, 0.15) is 0 Å². The minimum absolute atomic E-state index is 0.0253. The van der Waals surface area contributed by atoms with Gasteiger partial charge in [0, 0.05) is 18.8 Å². The van der Waals surface area contributed by atoms with Crippen molar-refractivity contribution in [2.24, 2.45) is 0 Å². The third-order valence-corrected chi connectivity index (χ3v) is 7.02. The molecule has 0 radical (unpaired) electrons. The van der Waals surface area contributed by atoms with Crippen LogP contribution in [0.5, 0.6) is 0 Å². The molecule has 1 aliphatic heterocycles. The number of hydrogen-bond donors (Lipinski definition) is 1. The van der Waals surface area contributed by atoms with Crippen LogP contribution in [0.25, 0.3) is 0 Å². The molecule has 10 heteroatoms. The van der Waals surface area contributed by atoms with E-state index in [-0.39, 0.29) is 17.2 Å². The lowest BCUT2D eigenvalue weighted by Crippen LogP contribution is -2.40. The molecular formula is C16H16F2N2O4S2. The summed E-state index contributed by atoms with van der Waals surface area (Å²) in [5, 5.41) is 0. The van der Waals surface area contributed by atoms with Crippen LogP contribution in [0.3, 0.4) is 0 Å². The van der Waals surface area contributed by atoms with Gasteiger partial charge in [-0.3, -0.25) is 4.72 Å². The number of anilines is 2. The number of halogens is 2. The van der Waals surface area contributed by atoms with Crippen molar-refractivity contribution in [1.29, 1.82) is 0 Å². The molecule has 0 amide bonds.